The van der Waals surface area contributed by atoms with Crippen LogP contribution in [0.15, 0.2) is 59.9 Å². The lowest BCUT2D eigenvalue weighted by Crippen LogP contribution is -2.05. The van der Waals surface area contributed by atoms with Gasteiger partial charge in [-0.1, -0.05) is 72.2 Å². The molecule has 2 aromatic rings. The number of nitrogens with zero attached hydrogens (tertiary/aromatic N) is 3. The van der Waals surface area contributed by atoms with Crippen molar-refractivity contribution in [3.8, 4) is 12.8 Å². The number of benzene rings is 2. The SMILES string of the molecule is C#C.CC.CC.CC.CCCS(=O)(=O)c1ccc(C)cc1.Cc1cc(C)c(S(N=O)(N=O)N=O)cc1C. The third-order valence-corrected chi connectivity index (χ3v) is 7.84. The first-order valence-corrected chi connectivity index (χ1v) is 15.3. The average molecular weight is 556 g/mol. The van der Waals surface area contributed by atoms with E-state index in [9.17, 15) is 23.1 Å². The summed E-state index contributed by atoms with van der Waals surface area (Å²) in [6.45, 7) is 21.2. The number of nitroso groups, excluding NO2 is 3. The molecule has 0 bridgehead atoms. The molecule has 2 aromatic carbocycles. The molecule has 0 aliphatic carbocycles. The second-order valence-corrected chi connectivity index (χ2v) is 10.6. The molecule has 2 rings (SSSR count). The van der Waals surface area contributed by atoms with E-state index in [1.54, 1.807) is 31.2 Å². The molecule has 0 unspecified atom stereocenters. The number of sulfone groups is 1. The Morgan fingerprint density at radius 3 is 1.41 bits per heavy atom. The number of terminal acetylenes is 1. The number of rotatable bonds is 7. The fourth-order valence-corrected chi connectivity index (χ4v) is 4.99. The minimum atomic E-state index is -3.35. The Labute approximate surface area is 226 Å². The highest BCUT2D eigenvalue weighted by Gasteiger charge is 2.33. The highest BCUT2D eigenvalue weighted by molar-refractivity contribution is 8.30. The molecule has 210 valence electrons. The van der Waals surface area contributed by atoms with E-state index < -0.39 is 20.4 Å². The zero-order valence-corrected chi connectivity index (χ0v) is 25.9. The molecule has 0 aliphatic heterocycles. The summed E-state index contributed by atoms with van der Waals surface area (Å²) in [5.41, 5.74) is 3.55. The van der Waals surface area contributed by atoms with Crippen LogP contribution in [0.5, 0.6) is 0 Å². The summed E-state index contributed by atoms with van der Waals surface area (Å²) >= 11 is 0. The van der Waals surface area contributed by atoms with Crippen molar-refractivity contribution in [3.63, 3.8) is 0 Å². The van der Waals surface area contributed by atoms with Crippen molar-refractivity contribution in [2.45, 2.75) is 92.4 Å². The van der Waals surface area contributed by atoms with Gasteiger partial charge in [-0.2, -0.15) is 0 Å². The van der Waals surface area contributed by atoms with Gasteiger partial charge in [0.1, 0.15) is 0 Å². The van der Waals surface area contributed by atoms with E-state index in [1.165, 1.54) is 0 Å². The Bertz CT molecular complexity index is 1010. The van der Waals surface area contributed by atoms with Gasteiger partial charge < -0.3 is 0 Å². The molecule has 8 nitrogen and oxygen atoms in total. The lowest BCUT2D eigenvalue weighted by Gasteiger charge is -2.17. The van der Waals surface area contributed by atoms with E-state index in [2.05, 4.69) is 26.6 Å². The van der Waals surface area contributed by atoms with Gasteiger partial charge in [-0.05, 0) is 69.0 Å². The molecule has 0 spiro atoms. The van der Waals surface area contributed by atoms with E-state index in [4.69, 9.17) is 0 Å². The molecular weight excluding hydrogens is 510 g/mol. The molecule has 10 heteroatoms. The van der Waals surface area contributed by atoms with Crippen molar-refractivity contribution in [2.24, 2.45) is 13.7 Å². The number of aryl methyl sites for hydroxylation is 4. The number of hydrogen-bond acceptors (Lipinski definition) is 8. The van der Waals surface area contributed by atoms with Gasteiger partial charge in [0, 0.05) is 13.7 Å². The van der Waals surface area contributed by atoms with Crippen molar-refractivity contribution in [1.29, 1.82) is 0 Å². The summed E-state index contributed by atoms with van der Waals surface area (Å²) in [6.07, 6.45) is 8.66. The van der Waals surface area contributed by atoms with Gasteiger partial charge in [0.05, 0.1) is 15.5 Å². The molecule has 37 heavy (non-hydrogen) atoms. The predicted molar refractivity (Wildman–Crippen MR) is 161 cm³/mol. The maximum atomic E-state index is 11.5. The standard InChI is InChI=1S/C10H14O2S.C9H11N3O3S.3C2H6.C2H2/c1-3-8-13(11,12)10-6-4-9(2)5-7-10;1-6-4-8(3)9(5-7(6)2)16(10-13,11-14)12-15;4*1-2/h4-7H,3,8H2,1-2H3;4-5H,1-3H3;3*1-2H3;1-2H. The summed E-state index contributed by atoms with van der Waals surface area (Å²) in [4.78, 5) is 32.6. The molecule has 0 amide bonds. The molecule has 0 saturated carbocycles. The fraction of sp³-hybridized carbons (Fsp3) is 0.481. The summed E-state index contributed by atoms with van der Waals surface area (Å²) in [6, 6.07) is 10.3. The Hall–Kier alpha value is -2.90. The molecule has 0 saturated heterocycles. The van der Waals surface area contributed by atoms with Crippen LogP contribution >= 0.6 is 10.6 Å². The van der Waals surface area contributed by atoms with Crippen molar-refractivity contribution >= 4 is 20.4 Å². The van der Waals surface area contributed by atoms with Crippen LogP contribution in [0.1, 0.15) is 77.1 Å². The van der Waals surface area contributed by atoms with Crippen molar-refractivity contribution in [1.82, 2.24) is 0 Å². The normalized spacial score (nSPS) is 9.76. The maximum absolute atomic E-state index is 11.5. The van der Waals surface area contributed by atoms with E-state index >= 15 is 0 Å². The molecule has 0 aliphatic rings. The minimum absolute atomic E-state index is 0.218. The highest BCUT2D eigenvalue weighted by atomic mass is 32.3. The van der Waals surface area contributed by atoms with Crippen LogP contribution in [-0.4, -0.2) is 14.2 Å². The largest absolute Gasteiger partial charge is 0.224 e. The summed E-state index contributed by atoms with van der Waals surface area (Å²) in [7, 11) is -6.38. The summed E-state index contributed by atoms with van der Waals surface area (Å²) in [5.74, 6) is 0.232. The smallest absolute Gasteiger partial charge is 0.197 e. The van der Waals surface area contributed by atoms with Crippen LogP contribution in [0.2, 0.25) is 0 Å². The lowest BCUT2D eigenvalue weighted by molar-refractivity contribution is 0.594. The minimum Gasteiger partial charge on any atom is -0.224 e. The quantitative estimate of drug-likeness (QED) is 0.249. The van der Waals surface area contributed by atoms with E-state index in [1.807, 2.05) is 81.4 Å². The third-order valence-electron chi connectivity index (χ3n) is 4.25. The Morgan fingerprint density at radius 2 is 1.05 bits per heavy atom. The first kappa shape index (κ1) is 41.2. The second kappa shape index (κ2) is 23.5. The van der Waals surface area contributed by atoms with Gasteiger partial charge in [-0.15, -0.1) is 27.6 Å². The van der Waals surface area contributed by atoms with E-state index in [0.29, 0.717) is 16.9 Å². The molecule has 0 fully saturated rings. The highest BCUT2D eigenvalue weighted by Crippen LogP contribution is 2.60. The average Bonchev–Trinajstić information content (AvgIpc) is 2.93. The van der Waals surface area contributed by atoms with Crippen LogP contribution in [0, 0.1) is 55.3 Å². The number of hydrogen-bond donors (Lipinski definition) is 0. The van der Waals surface area contributed by atoms with Gasteiger partial charge in [-0.3, -0.25) is 0 Å². The summed E-state index contributed by atoms with van der Waals surface area (Å²) < 4.78 is 30.7. The topological polar surface area (TPSA) is 122 Å². The molecule has 0 aromatic heterocycles. The Morgan fingerprint density at radius 1 is 0.676 bits per heavy atom. The van der Waals surface area contributed by atoms with E-state index in [0.717, 1.165) is 16.7 Å². The van der Waals surface area contributed by atoms with Gasteiger partial charge >= 0.3 is 0 Å². The maximum Gasteiger partial charge on any atom is 0.197 e. The van der Waals surface area contributed by atoms with E-state index in [-0.39, 0.29) is 10.6 Å². The van der Waals surface area contributed by atoms with Crippen LogP contribution in [0.25, 0.3) is 0 Å². The molecule has 0 atom stereocenters. The first-order valence-electron chi connectivity index (χ1n) is 12.1. The van der Waals surface area contributed by atoms with Gasteiger partial charge in [-0.25, -0.2) is 8.42 Å². The van der Waals surface area contributed by atoms with Gasteiger partial charge in [0.25, 0.3) is 0 Å². The molecular formula is C27H45N3O5S2. The zero-order valence-electron chi connectivity index (χ0n) is 24.2. The summed E-state index contributed by atoms with van der Waals surface area (Å²) in [5, 5.41) is 0. The van der Waals surface area contributed by atoms with Gasteiger partial charge in [0.15, 0.2) is 20.4 Å². The van der Waals surface area contributed by atoms with Crippen molar-refractivity contribution in [3.05, 3.63) is 73.4 Å². The monoisotopic (exact) mass is 555 g/mol. The Balaban J connectivity index is -0.000000234. The lowest BCUT2D eigenvalue weighted by atomic mass is 10.1. The fourth-order valence-electron chi connectivity index (χ4n) is 2.52. The van der Waals surface area contributed by atoms with Crippen molar-refractivity contribution < 1.29 is 8.42 Å². The third kappa shape index (κ3) is 13.8. The second-order valence-electron chi connectivity index (χ2n) is 6.58. The molecule has 0 N–H and O–H groups in total. The van der Waals surface area contributed by atoms with Crippen LogP contribution in [0.3, 0.4) is 0 Å². The zero-order chi connectivity index (χ0) is 30.2. The first-order chi connectivity index (χ1) is 17.6. The van der Waals surface area contributed by atoms with Crippen LogP contribution in [-0.2, 0) is 9.84 Å². The van der Waals surface area contributed by atoms with Crippen LogP contribution in [0.4, 0.5) is 0 Å². The molecule has 0 radical (unpaired) electrons. The molecule has 0 heterocycles. The van der Waals surface area contributed by atoms with Crippen molar-refractivity contribution in [2.75, 3.05) is 5.75 Å². The Kier molecular flexibility index (Phi) is 26.2. The predicted octanol–water partition coefficient (Wildman–Crippen LogP) is 9.33. The van der Waals surface area contributed by atoms with Crippen LogP contribution < -0.4 is 0 Å². The van der Waals surface area contributed by atoms with Gasteiger partial charge in [0.2, 0.25) is 0 Å².